The molecule has 0 unspecified atom stereocenters. The summed E-state index contributed by atoms with van der Waals surface area (Å²) in [4.78, 5) is 27.9. The molecule has 3 aromatic rings. The van der Waals surface area contributed by atoms with E-state index in [1.165, 1.54) is 7.11 Å². The number of amides is 1. The molecule has 0 N–H and O–H groups in total. The second kappa shape index (κ2) is 9.16. The van der Waals surface area contributed by atoms with Gasteiger partial charge in [-0.1, -0.05) is 35.3 Å². The maximum absolute atomic E-state index is 13.6. The van der Waals surface area contributed by atoms with Crippen molar-refractivity contribution in [1.29, 1.82) is 0 Å². The van der Waals surface area contributed by atoms with Crippen LogP contribution in [0.3, 0.4) is 0 Å². The lowest BCUT2D eigenvalue weighted by Gasteiger charge is -2.18. The molecule has 7 heteroatoms. The molecule has 1 amide bonds. The van der Waals surface area contributed by atoms with Crippen LogP contribution in [0.25, 0.3) is 11.8 Å². The number of hydrogen-bond acceptors (Lipinski definition) is 3. The molecule has 0 bridgehead atoms. The van der Waals surface area contributed by atoms with E-state index in [9.17, 15) is 9.59 Å². The van der Waals surface area contributed by atoms with E-state index in [1.54, 1.807) is 30.0 Å². The first-order chi connectivity index (χ1) is 16.1. The van der Waals surface area contributed by atoms with Gasteiger partial charge >= 0.3 is 5.97 Å². The molecule has 0 saturated heterocycles. The fourth-order valence-electron chi connectivity index (χ4n) is 4.38. The lowest BCUT2D eigenvalue weighted by molar-refractivity contribution is -0.136. The summed E-state index contributed by atoms with van der Waals surface area (Å²) in [6.45, 7) is 7.61. The lowest BCUT2D eigenvalue weighted by Crippen LogP contribution is -2.24. The number of halogens is 2. The molecule has 0 spiro atoms. The quantitative estimate of drug-likeness (QED) is 0.303. The standard InChI is InChI=1S/C27H24Cl2N2O3/c1-15-7-6-8-21(11-15)31-18(4)25(27(33)34-5)22(26(31)32)13-19-12-16(2)30(17(19)3)24-10-9-20(28)14-23(24)29/h6-14H,1-5H3/b22-13-. The molecule has 0 saturated carbocycles. The fraction of sp³-hybridized carbons (Fsp3) is 0.185. The van der Waals surface area contributed by atoms with Crippen LogP contribution in [-0.4, -0.2) is 23.6 Å². The summed E-state index contributed by atoms with van der Waals surface area (Å²) in [5.74, 6) is -0.834. The third kappa shape index (κ3) is 4.06. The number of ether oxygens (including phenoxy) is 1. The lowest BCUT2D eigenvalue weighted by atomic mass is 10.0. The molecular weight excluding hydrogens is 471 g/mol. The van der Waals surface area contributed by atoms with Gasteiger partial charge in [-0.05, 0) is 81.3 Å². The summed E-state index contributed by atoms with van der Waals surface area (Å²) in [7, 11) is 1.31. The van der Waals surface area contributed by atoms with E-state index < -0.39 is 5.97 Å². The molecule has 0 fully saturated rings. The summed E-state index contributed by atoms with van der Waals surface area (Å²) in [5.41, 5.74) is 6.16. The first kappa shape index (κ1) is 23.9. The second-order valence-corrected chi connectivity index (χ2v) is 9.09. The number of anilines is 1. The van der Waals surface area contributed by atoms with Crippen LogP contribution in [0.1, 0.15) is 29.4 Å². The van der Waals surface area contributed by atoms with E-state index in [2.05, 4.69) is 0 Å². The topological polar surface area (TPSA) is 51.5 Å². The molecule has 0 atom stereocenters. The number of benzene rings is 2. The Morgan fingerprint density at radius 3 is 2.38 bits per heavy atom. The Hall–Kier alpha value is -3.28. The van der Waals surface area contributed by atoms with Crippen molar-refractivity contribution in [2.45, 2.75) is 27.7 Å². The Bertz CT molecular complexity index is 1400. The molecule has 0 aliphatic carbocycles. The van der Waals surface area contributed by atoms with Crippen molar-refractivity contribution in [1.82, 2.24) is 4.57 Å². The van der Waals surface area contributed by atoms with Crippen LogP contribution in [-0.2, 0) is 14.3 Å². The molecule has 4 rings (SSSR count). The minimum atomic E-state index is -0.554. The van der Waals surface area contributed by atoms with Gasteiger partial charge in [-0.15, -0.1) is 0 Å². The molecule has 0 radical (unpaired) electrons. The van der Waals surface area contributed by atoms with Crippen LogP contribution in [0.4, 0.5) is 5.69 Å². The summed E-state index contributed by atoms with van der Waals surface area (Å²) in [5, 5.41) is 1.07. The number of aryl methyl sites for hydroxylation is 2. The van der Waals surface area contributed by atoms with E-state index >= 15 is 0 Å². The van der Waals surface area contributed by atoms with E-state index in [4.69, 9.17) is 27.9 Å². The first-order valence-electron chi connectivity index (χ1n) is 10.7. The Balaban J connectivity index is 1.86. The van der Waals surface area contributed by atoms with Crippen molar-refractivity contribution >= 4 is 46.8 Å². The van der Waals surface area contributed by atoms with E-state index in [0.717, 1.165) is 28.2 Å². The third-order valence-electron chi connectivity index (χ3n) is 5.97. The zero-order chi connectivity index (χ0) is 24.7. The first-order valence-corrected chi connectivity index (χ1v) is 11.5. The smallest absolute Gasteiger partial charge is 0.340 e. The molecule has 1 aliphatic heterocycles. The van der Waals surface area contributed by atoms with Crippen LogP contribution >= 0.6 is 23.2 Å². The van der Waals surface area contributed by atoms with Crippen LogP contribution in [0.15, 0.2) is 65.4 Å². The summed E-state index contributed by atoms with van der Waals surface area (Å²) < 4.78 is 7.03. The van der Waals surface area contributed by atoms with Crippen molar-refractivity contribution in [2.75, 3.05) is 12.0 Å². The Morgan fingerprint density at radius 1 is 1.00 bits per heavy atom. The van der Waals surface area contributed by atoms with Crippen molar-refractivity contribution in [2.24, 2.45) is 0 Å². The van der Waals surface area contributed by atoms with Gasteiger partial charge in [0.2, 0.25) is 0 Å². The highest BCUT2D eigenvalue weighted by Crippen LogP contribution is 2.37. The molecule has 174 valence electrons. The monoisotopic (exact) mass is 494 g/mol. The largest absolute Gasteiger partial charge is 0.465 e. The van der Waals surface area contributed by atoms with Gasteiger partial charge in [-0.3, -0.25) is 9.69 Å². The molecule has 1 aromatic heterocycles. The zero-order valence-corrected chi connectivity index (χ0v) is 21.1. The van der Waals surface area contributed by atoms with Gasteiger partial charge in [0.25, 0.3) is 5.91 Å². The minimum Gasteiger partial charge on any atom is -0.465 e. The normalized spacial score (nSPS) is 15.0. The van der Waals surface area contributed by atoms with Gasteiger partial charge in [0.15, 0.2) is 0 Å². The maximum atomic E-state index is 13.6. The zero-order valence-electron chi connectivity index (χ0n) is 19.6. The number of hydrogen-bond donors (Lipinski definition) is 0. The molecule has 34 heavy (non-hydrogen) atoms. The van der Waals surface area contributed by atoms with Crippen LogP contribution < -0.4 is 4.90 Å². The van der Waals surface area contributed by atoms with Crippen molar-refractivity contribution in [3.05, 3.63) is 97.9 Å². The number of allylic oxidation sites excluding steroid dienone is 1. The minimum absolute atomic E-state index is 0.253. The van der Waals surface area contributed by atoms with Crippen LogP contribution in [0.5, 0.6) is 0 Å². The number of aromatic nitrogens is 1. The SMILES string of the molecule is COC(=O)C1=C(C)N(c2cccc(C)c2)C(=O)/C1=C\c1cc(C)n(-c2ccc(Cl)cc2Cl)c1C. The third-order valence-corrected chi connectivity index (χ3v) is 6.51. The van der Waals surface area contributed by atoms with Crippen LogP contribution in [0.2, 0.25) is 10.0 Å². The van der Waals surface area contributed by atoms with Gasteiger partial charge in [-0.25, -0.2) is 4.79 Å². The number of rotatable bonds is 4. The number of carbonyl (C=O) groups is 2. The van der Waals surface area contributed by atoms with Crippen molar-refractivity contribution < 1.29 is 14.3 Å². The Morgan fingerprint density at radius 2 is 1.74 bits per heavy atom. The van der Waals surface area contributed by atoms with Gasteiger partial charge in [0.05, 0.1) is 29.0 Å². The average molecular weight is 495 g/mol. The number of carbonyl (C=O) groups excluding carboxylic acids is 2. The Labute approximate surface area is 208 Å². The van der Waals surface area contributed by atoms with Crippen molar-refractivity contribution in [3.8, 4) is 5.69 Å². The van der Waals surface area contributed by atoms with Crippen LogP contribution in [0, 0.1) is 20.8 Å². The predicted octanol–water partition coefficient (Wildman–Crippen LogP) is 6.59. The number of methoxy groups -OCH3 is 1. The van der Waals surface area contributed by atoms with E-state index in [-0.39, 0.29) is 17.1 Å². The average Bonchev–Trinajstić information content (AvgIpc) is 3.19. The summed E-state index contributed by atoms with van der Waals surface area (Å²) in [6.07, 6.45) is 1.75. The highest BCUT2D eigenvalue weighted by molar-refractivity contribution is 6.35. The van der Waals surface area contributed by atoms with E-state index in [0.29, 0.717) is 21.4 Å². The number of esters is 1. The Kier molecular flexibility index (Phi) is 6.43. The summed E-state index contributed by atoms with van der Waals surface area (Å²) in [6, 6.07) is 14.9. The molecule has 1 aliphatic rings. The van der Waals surface area contributed by atoms with Crippen molar-refractivity contribution in [3.63, 3.8) is 0 Å². The highest BCUT2D eigenvalue weighted by Gasteiger charge is 2.38. The van der Waals surface area contributed by atoms with E-state index in [1.807, 2.05) is 61.7 Å². The molecule has 5 nitrogen and oxygen atoms in total. The molecule has 2 aromatic carbocycles. The predicted molar refractivity (Wildman–Crippen MR) is 137 cm³/mol. The highest BCUT2D eigenvalue weighted by atomic mass is 35.5. The second-order valence-electron chi connectivity index (χ2n) is 8.25. The van der Waals surface area contributed by atoms with Gasteiger partial charge in [0.1, 0.15) is 0 Å². The molecule has 2 heterocycles. The maximum Gasteiger partial charge on any atom is 0.340 e. The molecular formula is C27H24Cl2N2O3. The fourth-order valence-corrected chi connectivity index (χ4v) is 4.87. The number of nitrogens with zero attached hydrogens (tertiary/aromatic N) is 2. The summed E-state index contributed by atoms with van der Waals surface area (Å²) >= 11 is 12.5. The van der Waals surface area contributed by atoms with Gasteiger partial charge < -0.3 is 9.30 Å². The van der Waals surface area contributed by atoms with Gasteiger partial charge in [-0.2, -0.15) is 0 Å². The van der Waals surface area contributed by atoms with Gasteiger partial charge in [0, 0.05) is 27.8 Å².